The Balaban J connectivity index is 2.19. The Morgan fingerprint density at radius 3 is 3.12 bits per heavy atom. The summed E-state index contributed by atoms with van der Waals surface area (Å²) < 4.78 is 0. The zero-order valence-corrected chi connectivity index (χ0v) is 8.81. The second kappa shape index (κ2) is 4.45. The fourth-order valence-electron chi connectivity index (χ4n) is 1.43. The molecule has 0 aliphatic heterocycles. The molecule has 16 heavy (non-hydrogen) atoms. The molecule has 80 valence electrons. The van der Waals surface area contributed by atoms with Gasteiger partial charge in [-0.05, 0) is 19.1 Å². The maximum atomic E-state index is 8.89. The van der Waals surface area contributed by atoms with E-state index in [4.69, 9.17) is 5.26 Å². The molecule has 5 nitrogen and oxygen atoms in total. The second-order valence-corrected chi connectivity index (χ2v) is 3.41. The van der Waals surface area contributed by atoms with Crippen LogP contribution in [-0.2, 0) is 0 Å². The first-order chi connectivity index (χ1) is 7.81. The highest BCUT2D eigenvalue weighted by molar-refractivity contribution is 5.54. The van der Waals surface area contributed by atoms with Crippen LogP contribution in [0.5, 0.6) is 0 Å². The lowest BCUT2D eigenvalue weighted by molar-refractivity contribution is 0.882. The third-order valence-corrected chi connectivity index (χ3v) is 2.30. The molecule has 2 aromatic rings. The summed E-state index contributed by atoms with van der Waals surface area (Å²) >= 11 is 0. The summed E-state index contributed by atoms with van der Waals surface area (Å²) in [6, 6.07) is 5.76. The molecule has 0 saturated heterocycles. The number of aromatic nitrogens is 3. The summed E-state index contributed by atoms with van der Waals surface area (Å²) in [4.78, 5) is 3.98. The van der Waals surface area contributed by atoms with E-state index in [-0.39, 0.29) is 6.04 Å². The smallest absolute Gasteiger partial charge is 0.163 e. The second-order valence-electron chi connectivity index (χ2n) is 3.41. The van der Waals surface area contributed by atoms with Gasteiger partial charge >= 0.3 is 0 Å². The molecule has 0 fully saturated rings. The first-order valence-corrected chi connectivity index (χ1v) is 4.91. The molecule has 0 saturated carbocycles. The fourth-order valence-corrected chi connectivity index (χ4v) is 1.43. The maximum Gasteiger partial charge on any atom is 0.163 e. The number of pyridine rings is 1. The minimum absolute atomic E-state index is 0.0787. The Morgan fingerprint density at radius 1 is 1.56 bits per heavy atom. The number of nitrogens with one attached hydrogen (secondary N) is 2. The van der Waals surface area contributed by atoms with E-state index in [0.717, 1.165) is 11.3 Å². The third kappa shape index (κ3) is 2.01. The van der Waals surface area contributed by atoms with E-state index >= 15 is 0 Å². The van der Waals surface area contributed by atoms with Crippen LogP contribution in [0, 0.1) is 11.3 Å². The van der Waals surface area contributed by atoms with Crippen molar-refractivity contribution in [2.75, 3.05) is 5.32 Å². The standard InChI is InChI=1S/C11H11N5/c1-8(9-6-14-15-7-9)16-10-3-2-4-13-11(10)5-12/h2-4,6-8,16H,1H3,(H,14,15). The van der Waals surface area contributed by atoms with Crippen molar-refractivity contribution in [1.82, 2.24) is 15.2 Å². The van der Waals surface area contributed by atoms with Crippen LogP contribution in [0.4, 0.5) is 5.69 Å². The third-order valence-electron chi connectivity index (χ3n) is 2.30. The van der Waals surface area contributed by atoms with Crippen LogP contribution in [0.15, 0.2) is 30.7 Å². The van der Waals surface area contributed by atoms with E-state index < -0.39 is 0 Å². The highest BCUT2D eigenvalue weighted by Crippen LogP contribution is 2.19. The van der Waals surface area contributed by atoms with Crippen molar-refractivity contribution in [3.8, 4) is 6.07 Å². The molecular weight excluding hydrogens is 202 g/mol. The highest BCUT2D eigenvalue weighted by Gasteiger charge is 2.09. The van der Waals surface area contributed by atoms with E-state index in [2.05, 4.69) is 20.5 Å². The zero-order chi connectivity index (χ0) is 11.4. The molecule has 0 aromatic carbocycles. The van der Waals surface area contributed by atoms with Gasteiger partial charge in [-0.1, -0.05) is 0 Å². The molecule has 5 heteroatoms. The lowest BCUT2D eigenvalue weighted by Crippen LogP contribution is -2.07. The number of aromatic amines is 1. The van der Waals surface area contributed by atoms with Gasteiger partial charge in [0.15, 0.2) is 5.69 Å². The molecule has 2 N–H and O–H groups in total. The highest BCUT2D eigenvalue weighted by atomic mass is 15.1. The van der Waals surface area contributed by atoms with E-state index in [1.165, 1.54) is 0 Å². The molecule has 0 aliphatic rings. The molecular formula is C11H11N5. The summed E-state index contributed by atoms with van der Waals surface area (Å²) in [6.07, 6.45) is 5.17. The van der Waals surface area contributed by atoms with Crippen molar-refractivity contribution in [3.63, 3.8) is 0 Å². The molecule has 0 bridgehead atoms. The Labute approximate surface area is 93.1 Å². The summed E-state index contributed by atoms with van der Waals surface area (Å²) in [5.74, 6) is 0. The number of H-pyrrole nitrogens is 1. The summed E-state index contributed by atoms with van der Waals surface area (Å²) in [6.45, 7) is 2.00. The van der Waals surface area contributed by atoms with Gasteiger partial charge in [0.05, 0.1) is 17.9 Å². The van der Waals surface area contributed by atoms with E-state index in [1.54, 1.807) is 18.5 Å². The van der Waals surface area contributed by atoms with Crippen molar-refractivity contribution < 1.29 is 0 Å². The zero-order valence-electron chi connectivity index (χ0n) is 8.81. The van der Waals surface area contributed by atoms with Crippen molar-refractivity contribution in [2.45, 2.75) is 13.0 Å². The van der Waals surface area contributed by atoms with Gasteiger partial charge in [0, 0.05) is 18.0 Å². The molecule has 1 atom stereocenters. The Morgan fingerprint density at radius 2 is 2.44 bits per heavy atom. The van der Waals surface area contributed by atoms with Crippen molar-refractivity contribution in [1.29, 1.82) is 5.26 Å². The minimum atomic E-state index is 0.0787. The van der Waals surface area contributed by atoms with Crippen LogP contribution in [0.3, 0.4) is 0 Å². The number of hydrogen-bond donors (Lipinski definition) is 2. The van der Waals surface area contributed by atoms with Gasteiger partial charge in [-0.3, -0.25) is 5.10 Å². The summed E-state index contributed by atoms with van der Waals surface area (Å²) in [5, 5.41) is 18.7. The monoisotopic (exact) mass is 213 g/mol. The quantitative estimate of drug-likeness (QED) is 0.815. The molecule has 0 spiro atoms. The summed E-state index contributed by atoms with van der Waals surface area (Å²) in [5.41, 5.74) is 2.17. The predicted octanol–water partition coefficient (Wildman–Crippen LogP) is 1.85. The molecule has 2 heterocycles. The van der Waals surface area contributed by atoms with Gasteiger partial charge in [0.25, 0.3) is 0 Å². The van der Waals surface area contributed by atoms with E-state index in [9.17, 15) is 0 Å². The first-order valence-electron chi connectivity index (χ1n) is 4.91. The molecule has 0 aliphatic carbocycles. The largest absolute Gasteiger partial charge is 0.376 e. The van der Waals surface area contributed by atoms with Gasteiger partial charge in [0.2, 0.25) is 0 Å². The maximum absolute atomic E-state index is 8.89. The predicted molar refractivity (Wildman–Crippen MR) is 59.6 cm³/mol. The van der Waals surface area contributed by atoms with Crippen LogP contribution >= 0.6 is 0 Å². The van der Waals surface area contributed by atoms with Gasteiger partial charge in [-0.2, -0.15) is 10.4 Å². The molecule has 2 aromatic heterocycles. The van der Waals surface area contributed by atoms with Crippen LogP contribution < -0.4 is 5.32 Å². The summed E-state index contributed by atoms with van der Waals surface area (Å²) in [7, 11) is 0. The minimum Gasteiger partial charge on any atom is -0.376 e. The van der Waals surface area contributed by atoms with E-state index in [1.807, 2.05) is 25.3 Å². The Kier molecular flexibility index (Phi) is 2.83. The van der Waals surface area contributed by atoms with E-state index in [0.29, 0.717) is 5.69 Å². The van der Waals surface area contributed by atoms with Crippen LogP contribution in [0.2, 0.25) is 0 Å². The van der Waals surface area contributed by atoms with Crippen LogP contribution in [-0.4, -0.2) is 15.2 Å². The normalized spacial score (nSPS) is 11.8. The van der Waals surface area contributed by atoms with Crippen molar-refractivity contribution in [3.05, 3.63) is 42.0 Å². The number of nitriles is 1. The number of rotatable bonds is 3. The number of anilines is 1. The van der Waals surface area contributed by atoms with Crippen molar-refractivity contribution in [2.24, 2.45) is 0 Å². The van der Waals surface area contributed by atoms with Crippen molar-refractivity contribution >= 4 is 5.69 Å². The number of nitrogens with zero attached hydrogens (tertiary/aromatic N) is 3. The lowest BCUT2D eigenvalue weighted by Gasteiger charge is -2.13. The molecule has 0 amide bonds. The van der Waals surface area contributed by atoms with Gasteiger partial charge < -0.3 is 5.32 Å². The average molecular weight is 213 g/mol. The SMILES string of the molecule is CC(Nc1cccnc1C#N)c1cn[nH]c1. The Hall–Kier alpha value is -2.35. The fraction of sp³-hybridized carbons (Fsp3) is 0.182. The van der Waals surface area contributed by atoms with Gasteiger partial charge in [-0.25, -0.2) is 4.98 Å². The molecule has 1 unspecified atom stereocenters. The molecule has 0 radical (unpaired) electrons. The topological polar surface area (TPSA) is 77.4 Å². The van der Waals surface area contributed by atoms with Crippen LogP contribution in [0.25, 0.3) is 0 Å². The van der Waals surface area contributed by atoms with Gasteiger partial charge in [-0.15, -0.1) is 0 Å². The Bertz CT molecular complexity index is 497. The number of hydrogen-bond acceptors (Lipinski definition) is 4. The first kappa shape index (κ1) is 10.2. The lowest BCUT2D eigenvalue weighted by atomic mass is 10.2. The molecule has 2 rings (SSSR count). The van der Waals surface area contributed by atoms with Gasteiger partial charge in [0.1, 0.15) is 6.07 Å². The average Bonchev–Trinajstić information content (AvgIpc) is 2.83. The van der Waals surface area contributed by atoms with Crippen LogP contribution in [0.1, 0.15) is 24.2 Å².